The van der Waals surface area contributed by atoms with Gasteiger partial charge in [-0.2, -0.15) is 0 Å². The highest BCUT2D eigenvalue weighted by Crippen LogP contribution is 2.23. The third-order valence-corrected chi connectivity index (χ3v) is 4.47. The average molecular weight is 390 g/mol. The van der Waals surface area contributed by atoms with Gasteiger partial charge in [-0.3, -0.25) is 9.69 Å². The summed E-state index contributed by atoms with van der Waals surface area (Å²) in [5.74, 6) is -1.00. The molecule has 7 heteroatoms. The van der Waals surface area contributed by atoms with Crippen molar-refractivity contribution in [1.29, 1.82) is 0 Å². The van der Waals surface area contributed by atoms with E-state index in [1.807, 2.05) is 32.0 Å². The van der Waals surface area contributed by atoms with Gasteiger partial charge in [0.1, 0.15) is 11.6 Å². The zero-order valence-corrected chi connectivity index (χ0v) is 17.5. The molecule has 1 heterocycles. The van der Waals surface area contributed by atoms with E-state index in [2.05, 4.69) is 5.32 Å². The maximum absolute atomic E-state index is 12.6. The van der Waals surface area contributed by atoms with Crippen LogP contribution in [0, 0.1) is 13.8 Å². The van der Waals surface area contributed by atoms with Gasteiger partial charge in [0, 0.05) is 12.2 Å². The van der Waals surface area contributed by atoms with Crippen molar-refractivity contribution in [3.63, 3.8) is 0 Å². The van der Waals surface area contributed by atoms with Crippen molar-refractivity contribution in [2.45, 2.75) is 72.1 Å². The molecule has 1 fully saturated rings. The van der Waals surface area contributed by atoms with Gasteiger partial charge in [-0.1, -0.05) is 12.1 Å². The highest BCUT2D eigenvalue weighted by atomic mass is 16.6. The second-order valence-electron chi connectivity index (χ2n) is 8.22. The van der Waals surface area contributed by atoms with Gasteiger partial charge >= 0.3 is 12.1 Å². The zero-order valence-electron chi connectivity index (χ0n) is 17.5. The van der Waals surface area contributed by atoms with E-state index < -0.39 is 35.7 Å². The monoisotopic (exact) mass is 390 g/mol. The minimum absolute atomic E-state index is 0.413. The van der Waals surface area contributed by atoms with Crippen molar-refractivity contribution in [2.24, 2.45) is 0 Å². The van der Waals surface area contributed by atoms with Crippen LogP contribution in [0.1, 0.15) is 51.7 Å². The number of carbonyl (C=O) groups excluding carboxylic acids is 3. The molecule has 2 atom stereocenters. The molecule has 0 saturated carbocycles. The number of aryl methyl sites for hydroxylation is 2. The molecule has 0 bridgehead atoms. The Labute approximate surface area is 166 Å². The molecule has 1 aromatic rings. The maximum Gasteiger partial charge on any atom is 0.411 e. The predicted octanol–water partition coefficient (Wildman–Crippen LogP) is 3.57. The zero-order chi connectivity index (χ0) is 21.1. The van der Waals surface area contributed by atoms with Gasteiger partial charge in [-0.15, -0.1) is 0 Å². The van der Waals surface area contributed by atoms with Gasteiger partial charge in [0.25, 0.3) is 5.91 Å². The summed E-state index contributed by atoms with van der Waals surface area (Å²) in [6, 6.07) is 5.01. The fourth-order valence-corrected chi connectivity index (χ4v) is 2.96. The lowest BCUT2D eigenvalue weighted by Crippen LogP contribution is -2.45. The molecule has 7 nitrogen and oxygen atoms in total. The number of carbonyl (C=O) groups is 3. The summed E-state index contributed by atoms with van der Waals surface area (Å²) in [5.41, 5.74) is 1.98. The summed E-state index contributed by atoms with van der Waals surface area (Å²) in [5, 5.41) is 2.79. The van der Waals surface area contributed by atoms with Gasteiger partial charge in [0.05, 0.1) is 0 Å². The van der Waals surface area contributed by atoms with E-state index in [0.717, 1.165) is 11.1 Å². The normalized spacial score (nSPS) is 17.8. The fourth-order valence-electron chi connectivity index (χ4n) is 2.96. The molecule has 2 amide bonds. The Morgan fingerprint density at radius 3 is 2.54 bits per heavy atom. The number of amides is 2. The molecule has 28 heavy (non-hydrogen) atoms. The largest absolute Gasteiger partial charge is 0.451 e. The minimum Gasteiger partial charge on any atom is -0.451 e. The second-order valence-corrected chi connectivity index (χ2v) is 8.22. The predicted molar refractivity (Wildman–Crippen MR) is 106 cm³/mol. The van der Waals surface area contributed by atoms with Crippen LogP contribution in [0.25, 0.3) is 0 Å². The first-order valence-corrected chi connectivity index (χ1v) is 9.56. The van der Waals surface area contributed by atoms with E-state index in [4.69, 9.17) is 9.47 Å². The average Bonchev–Trinajstić information content (AvgIpc) is 3.06. The highest BCUT2D eigenvalue weighted by molar-refractivity contribution is 5.96. The number of rotatable bonds is 4. The first kappa shape index (κ1) is 21.7. The quantitative estimate of drug-likeness (QED) is 0.795. The number of nitrogens with zero attached hydrogens (tertiary/aromatic N) is 1. The summed E-state index contributed by atoms with van der Waals surface area (Å²) in [7, 11) is 0. The molecule has 1 N–H and O–H groups in total. The van der Waals surface area contributed by atoms with Crippen LogP contribution in [-0.2, 0) is 19.1 Å². The number of hydrogen-bond donors (Lipinski definition) is 1. The molecule has 1 aromatic carbocycles. The molecule has 2 rings (SSSR count). The summed E-state index contributed by atoms with van der Waals surface area (Å²) < 4.78 is 10.7. The van der Waals surface area contributed by atoms with Crippen molar-refractivity contribution >= 4 is 23.7 Å². The van der Waals surface area contributed by atoms with Crippen LogP contribution in [-0.4, -0.2) is 47.2 Å². The first-order valence-electron chi connectivity index (χ1n) is 9.56. The smallest absolute Gasteiger partial charge is 0.411 e. The van der Waals surface area contributed by atoms with Crippen LogP contribution in [0.3, 0.4) is 0 Å². The van der Waals surface area contributed by atoms with Gasteiger partial charge in [-0.05, 0) is 71.6 Å². The number of likely N-dealkylation sites (tertiary alicyclic amines) is 1. The lowest BCUT2D eigenvalue weighted by Gasteiger charge is -2.28. The molecule has 1 saturated heterocycles. The van der Waals surface area contributed by atoms with Crippen LogP contribution in [0.4, 0.5) is 10.5 Å². The van der Waals surface area contributed by atoms with Crippen molar-refractivity contribution < 1.29 is 23.9 Å². The molecule has 0 aromatic heterocycles. The number of anilines is 1. The van der Waals surface area contributed by atoms with Gasteiger partial charge in [-0.25, -0.2) is 9.59 Å². The summed E-state index contributed by atoms with van der Waals surface area (Å²) in [4.78, 5) is 38.7. The molecule has 1 aliphatic heterocycles. The van der Waals surface area contributed by atoms with Crippen LogP contribution in [0.2, 0.25) is 0 Å². The maximum atomic E-state index is 12.6. The Kier molecular flexibility index (Phi) is 6.69. The molecule has 0 unspecified atom stereocenters. The fraction of sp³-hybridized carbons (Fsp3) is 0.571. The molecule has 1 aliphatic rings. The summed E-state index contributed by atoms with van der Waals surface area (Å²) in [6.07, 6.45) is -0.348. The molecular weight excluding hydrogens is 360 g/mol. The Morgan fingerprint density at radius 2 is 1.89 bits per heavy atom. The summed E-state index contributed by atoms with van der Waals surface area (Å²) >= 11 is 0. The molecule has 0 spiro atoms. The van der Waals surface area contributed by atoms with E-state index in [-0.39, 0.29) is 0 Å². The number of esters is 1. The van der Waals surface area contributed by atoms with Crippen molar-refractivity contribution in [3.8, 4) is 0 Å². The third kappa shape index (κ3) is 5.71. The number of nitrogens with one attached hydrogen (secondary N) is 1. The SMILES string of the molecule is Cc1ccc(C)c(NC(=O)[C@@H](C)OC(=O)[C@@H]2CCCN2C(=O)OC(C)(C)C)c1. The topological polar surface area (TPSA) is 84.9 Å². The van der Waals surface area contributed by atoms with Crippen LogP contribution < -0.4 is 5.32 Å². The standard InChI is InChI=1S/C21H30N2O5/c1-13-9-10-14(2)16(12-13)22-18(24)15(3)27-19(25)17-8-7-11-23(17)20(26)28-21(4,5)6/h9-10,12,15,17H,7-8,11H2,1-6H3,(H,22,24)/t15-,17+/m1/s1. The lowest BCUT2D eigenvalue weighted by molar-refractivity contribution is -0.157. The molecule has 0 radical (unpaired) electrons. The van der Waals surface area contributed by atoms with Crippen molar-refractivity contribution in [1.82, 2.24) is 4.90 Å². The number of benzene rings is 1. The minimum atomic E-state index is -0.978. The number of ether oxygens (including phenoxy) is 2. The highest BCUT2D eigenvalue weighted by Gasteiger charge is 2.38. The van der Waals surface area contributed by atoms with Crippen LogP contribution in [0.5, 0.6) is 0 Å². The molecular formula is C21H30N2O5. The summed E-state index contributed by atoms with van der Waals surface area (Å²) in [6.45, 7) is 11.1. The number of hydrogen-bond acceptors (Lipinski definition) is 5. The van der Waals surface area contributed by atoms with E-state index in [1.54, 1.807) is 20.8 Å². The van der Waals surface area contributed by atoms with Gasteiger partial charge in [0.15, 0.2) is 6.10 Å². The van der Waals surface area contributed by atoms with Crippen LogP contribution in [0.15, 0.2) is 18.2 Å². The Morgan fingerprint density at radius 1 is 1.21 bits per heavy atom. The van der Waals surface area contributed by atoms with Gasteiger partial charge in [0.2, 0.25) is 0 Å². The van der Waals surface area contributed by atoms with E-state index in [1.165, 1.54) is 11.8 Å². The Hall–Kier alpha value is -2.57. The third-order valence-electron chi connectivity index (χ3n) is 4.47. The Balaban J connectivity index is 1.97. The van der Waals surface area contributed by atoms with Crippen molar-refractivity contribution in [3.05, 3.63) is 29.3 Å². The Bertz CT molecular complexity index is 754. The molecule has 154 valence electrons. The van der Waals surface area contributed by atoms with Crippen molar-refractivity contribution in [2.75, 3.05) is 11.9 Å². The second kappa shape index (κ2) is 8.63. The van der Waals surface area contributed by atoms with Gasteiger partial charge < -0.3 is 14.8 Å². The van der Waals surface area contributed by atoms with E-state index in [0.29, 0.717) is 25.1 Å². The first-order chi connectivity index (χ1) is 13.0. The van der Waals surface area contributed by atoms with E-state index in [9.17, 15) is 14.4 Å². The van der Waals surface area contributed by atoms with Crippen LogP contribution >= 0.6 is 0 Å². The van der Waals surface area contributed by atoms with E-state index >= 15 is 0 Å². The lowest BCUT2D eigenvalue weighted by atomic mass is 10.1. The molecule has 0 aliphatic carbocycles.